The molecule has 2 rings (SSSR count). The summed E-state index contributed by atoms with van der Waals surface area (Å²) >= 11 is 1.86. The lowest BCUT2D eigenvalue weighted by Crippen LogP contribution is -2.43. The van der Waals surface area contributed by atoms with Crippen LogP contribution in [0.5, 0.6) is 5.75 Å². The monoisotopic (exact) mass is 265 g/mol. The third-order valence-corrected chi connectivity index (χ3v) is 4.61. The van der Waals surface area contributed by atoms with E-state index in [1.165, 1.54) is 17.7 Å². The SMILES string of the molecule is CCCC(C)CC(N)C1CSc2ccccc2O1. The summed E-state index contributed by atoms with van der Waals surface area (Å²) in [5, 5.41) is 0. The maximum Gasteiger partial charge on any atom is 0.133 e. The Morgan fingerprint density at radius 1 is 1.44 bits per heavy atom. The highest BCUT2D eigenvalue weighted by Crippen LogP contribution is 2.36. The van der Waals surface area contributed by atoms with Gasteiger partial charge in [0.25, 0.3) is 0 Å². The number of rotatable bonds is 5. The summed E-state index contributed by atoms with van der Waals surface area (Å²) in [7, 11) is 0. The fourth-order valence-electron chi connectivity index (χ4n) is 2.47. The van der Waals surface area contributed by atoms with E-state index in [0.29, 0.717) is 5.92 Å². The van der Waals surface area contributed by atoms with Gasteiger partial charge in [0.15, 0.2) is 0 Å². The van der Waals surface area contributed by atoms with Gasteiger partial charge in [0.05, 0.1) is 0 Å². The molecule has 0 fully saturated rings. The van der Waals surface area contributed by atoms with Gasteiger partial charge in [0.1, 0.15) is 11.9 Å². The van der Waals surface area contributed by atoms with Crippen LogP contribution in [-0.4, -0.2) is 17.9 Å². The van der Waals surface area contributed by atoms with Gasteiger partial charge in [0.2, 0.25) is 0 Å². The van der Waals surface area contributed by atoms with E-state index in [2.05, 4.69) is 26.0 Å². The Kier molecular flexibility index (Phi) is 4.95. The number of hydrogen-bond acceptors (Lipinski definition) is 3. The Bertz CT molecular complexity index is 383. The van der Waals surface area contributed by atoms with Crippen LogP contribution in [0.2, 0.25) is 0 Å². The normalized spacial score (nSPS) is 21.8. The van der Waals surface area contributed by atoms with Gasteiger partial charge in [-0.2, -0.15) is 0 Å². The molecule has 3 atom stereocenters. The molecule has 3 unspecified atom stereocenters. The van der Waals surface area contributed by atoms with Gasteiger partial charge in [-0.1, -0.05) is 38.8 Å². The predicted octanol–water partition coefficient (Wildman–Crippen LogP) is 3.69. The van der Waals surface area contributed by atoms with Crippen LogP contribution in [0.25, 0.3) is 0 Å². The van der Waals surface area contributed by atoms with E-state index < -0.39 is 0 Å². The van der Waals surface area contributed by atoms with Crippen molar-refractivity contribution >= 4 is 11.8 Å². The fraction of sp³-hybridized carbons (Fsp3) is 0.600. The minimum atomic E-state index is 0.146. The summed E-state index contributed by atoms with van der Waals surface area (Å²) in [5.41, 5.74) is 6.30. The minimum Gasteiger partial charge on any atom is -0.487 e. The highest BCUT2D eigenvalue weighted by molar-refractivity contribution is 7.99. The van der Waals surface area contributed by atoms with Crippen LogP contribution in [0.1, 0.15) is 33.1 Å². The average molecular weight is 265 g/mol. The standard InChI is InChI=1S/C15H23NOS/c1-3-6-11(2)9-12(16)14-10-18-15-8-5-4-7-13(15)17-14/h4-5,7-8,11-12,14H,3,6,9-10,16H2,1-2H3. The summed E-state index contributed by atoms with van der Waals surface area (Å²) in [6.45, 7) is 4.51. The zero-order valence-electron chi connectivity index (χ0n) is 11.3. The summed E-state index contributed by atoms with van der Waals surface area (Å²) < 4.78 is 6.03. The molecule has 0 bridgehead atoms. The van der Waals surface area contributed by atoms with Crippen LogP contribution in [-0.2, 0) is 0 Å². The fourth-order valence-corrected chi connectivity index (χ4v) is 3.57. The second kappa shape index (κ2) is 6.48. The molecular formula is C15H23NOS. The maximum absolute atomic E-state index is 6.30. The molecule has 0 spiro atoms. The molecule has 0 aliphatic carbocycles. The zero-order valence-corrected chi connectivity index (χ0v) is 12.1. The van der Waals surface area contributed by atoms with Gasteiger partial charge in [-0.3, -0.25) is 0 Å². The number of fused-ring (bicyclic) bond motifs is 1. The van der Waals surface area contributed by atoms with E-state index in [9.17, 15) is 0 Å². The van der Waals surface area contributed by atoms with Crippen molar-refractivity contribution in [3.63, 3.8) is 0 Å². The molecule has 18 heavy (non-hydrogen) atoms. The second-order valence-corrected chi connectivity index (χ2v) is 6.27. The van der Waals surface area contributed by atoms with Crippen molar-refractivity contribution in [1.29, 1.82) is 0 Å². The molecule has 2 nitrogen and oxygen atoms in total. The molecule has 1 aromatic carbocycles. The highest BCUT2D eigenvalue weighted by atomic mass is 32.2. The predicted molar refractivity (Wildman–Crippen MR) is 78.2 cm³/mol. The Balaban J connectivity index is 1.92. The van der Waals surface area contributed by atoms with Crippen molar-refractivity contribution in [3.8, 4) is 5.75 Å². The molecule has 1 aromatic rings. The van der Waals surface area contributed by atoms with Crippen LogP contribution >= 0.6 is 11.8 Å². The first-order chi connectivity index (χ1) is 8.70. The molecule has 1 aliphatic rings. The van der Waals surface area contributed by atoms with Gasteiger partial charge < -0.3 is 10.5 Å². The van der Waals surface area contributed by atoms with Crippen LogP contribution in [0.4, 0.5) is 0 Å². The van der Waals surface area contributed by atoms with E-state index in [-0.39, 0.29) is 12.1 Å². The number of hydrogen-bond donors (Lipinski definition) is 1. The number of nitrogens with two attached hydrogens (primary N) is 1. The molecule has 1 aliphatic heterocycles. The maximum atomic E-state index is 6.30. The van der Waals surface area contributed by atoms with Crippen molar-refractivity contribution in [2.45, 2.75) is 50.2 Å². The van der Waals surface area contributed by atoms with Crippen molar-refractivity contribution < 1.29 is 4.74 Å². The molecule has 0 aromatic heterocycles. The lowest BCUT2D eigenvalue weighted by molar-refractivity contribution is 0.170. The van der Waals surface area contributed by atoms with Crippen LogP contribution in [0, 0.1) is 5.92 Å². The average Bonchev–Trinajstić information content (AvgIpc) is 2.38. The lowest BCUT2D eigenvalue weighted by atomic mass is 9.95. The van der Waals surface area contributed by atoms with Crippen molar-refractivity contribution in [3.05, 3.63) is 24.3 Å². The van der Waals surface area contributed by atoms with Crippen LogP contribution < -0.4 is 10.5 Å². The van der Waals surface area contributed by atoms with E-state index in [1.54, 1.807) is 0 Å². The summed E-state index contributed by atoms with van der Waals surface area (Å²) in [5.74, 6) is 2.66. The van der Waals surface area contributed by atoms with Gasteiger partial charge >= 0.3 is 0 Å². The van der Waals surface area contributed by atoms with Crippen LogP contribution in [0.15, 0.2) is 29.2 Å². The topological polar surface area (TPSA) is 35.2 Å². The molecule has 100 valence electrons. The minimum absolute atomic E-state index is 0.146. The van der Waals surface area contributed by atoms with E-state index in [0.717, 1.165) is 17.9 Å². The largest absolute Gasteiger partial charge is 0.487 e. The summed E-state index contributed by atoms with van der Waals surface area (Å²) in [6, 6.07) is 8.37. The molecule has 0 radical (unpaired) electrons. The number of thioether (sulfide) groups is 1. The molecule has 1 heterocycles. The van der Waals surface area contributed by atoms with E-state index >= 15 is 0 Å². The Labute approximate surface area is 114 Å². The van der Waals surface area contributed by atoms with E-state index in [4.69, 9.17) is 10.5 Å². The Morgan fingerprint density at radius 2 is 2.22 bits per heavy atom. The van der Waals surface area contributed by atoms with Gasteiger partial charge in [-0.05, 0) is 24.5 Å². The summed E-state index contributed by atoms with van der Waals surface area (Å²) in [6.07, 6.45) is 3.70. The van der Waals surface area contributed by atoms with Crippen molar-refractivity contribution in [1.82, 2.24) is 0 Å². The first-order valence-electron chi connectivity index (χ1n) is 6.84. The van der Waals surface area contributed by atoms with Gasteiger partial charge in [0, 0.05) is 16.7 Å². The first-order valence-corrected chi connectivity index (χ1v) is 7.83. The first kappa shape index (κ1) is 13.8. The third-order valence-electron chi connectivity index (χ3n) is 3.46. The molecule has 0 saturated heterocycles. The molecular weight excluding hydrogens is 242 g/mol. The molecule has 0 saturated carbocycles. The van der Waals surface area contributed by atoms with Gasteiger partial charge in [-0.25, -0.2) is 0 Å². The lowest BCUT2D eigenvalue weighted by Gasteiger charge is -2.31. The van der Waals surface area contributed by atoms with Crippen LogP contribution in [0.3, 0.4) is 0 Å². The van der Waals surface area contributed by atoms with Crippen molar-refractivity contribution in [2.24, 2.45) is 11.7 Å². The number of ether oxygens (including phenoxy) is 1. The Morgan fingerprint density at radius 3 is 3.00 bits per heavy atom. The van der Waals surface area contributed by atoms with Gasteiger partial charge in [-0.15, -0.1) is 11.8 Å². The molecule has 2 N–H and O–H groups in total. The van der Waals surface area contributed by atoms with Crippen molar-refractivity contribution in [2.75, 3.05) is 5.75 Å². The number of para-hydroxylation sites is 1. The van der Waals surface area contributed by atoms with E-state index in [1.807, 2.05) is 23.9 Å². The quantitative estimate of drug-likeness (QED) is 0.882. The third kappa shape index (κ3) is 3.42. The molecule has 0 amide bonds. The smallest absolute Gasteiger partial charge is 0.133 e. The number of benzene rings is 1. The summed E-state index contributed by atoms with van der Waals surface area (Å²) in [4.78, 5) is 1.24. The zero-order chi connectivity index (χ0) is 13.0. The highest BCUT2D eigenvalue weighted by Gasteiger charge is 2.26. The molecule has 3 heteroatoms. The second-order valence-electron chi connectivity index (χ2n) is 5.21. The Hall–Kier alpha value is -0.670.